The maximum absolute atomic E-state index is 10.1. The lowest BCUT2D eigenvalue weighted by molar-refractivity contribution is 0.0441. The van der Waals surface area contributed by atoms with Crippen molar-refractivity contribution in [2.24, 2.45) is 0 Å². The van der Waals surface area contributed by atoms with Crippen LogP contribution in [0.5, 0.6) is 0 Å². The van der Waals surface area contributed by atoms with Crippen LogP contribution in [0.25, 0.3) is 0 Å². The molecule has 1 atom stereocenters. The summed E-state index contributed by atoms with van der Waals surface area (Å²) in [6, 6.07) is 0.430. The smallest absolute Gasteiger partial charge is 0.0771 e. The lowest BCUT2D eigenvalue weighted by Gasteiger charge is -2.25. The van der Waals surface area contributed by atoms with Crippen LogP contribution in [0.1, 0.15) is 39.0 Å². The van der Waals surface area contributed by atoms with Gasteiger partial charge in [-0.15, -0.1) is 0 Å². The quantitative estimate of drug-likeness (QED) is 0.681. The first kappa shape index (κ1) is 12.0. The maximum atomic E-state index is 10.1. The summed E-state index contributed by atoms with van der Waals surface area (Å²) in [5.41, 5.74) is -0.429. The Balaban J connectivity index is 2.12. The molecular weight excluding hydrogens is 178 g/mol. The van der Waals surface area contributed by atoms with E-state index in [-0.39, 0.29) is 0 Å². The highest BCUT2D eigenvalue weighted by Gasteiger charge is 2.30. The van der Waals surface area contributed by atoms with Crippen LogP contribution in [0.2, 0.25) is 0 Å². The van der Waals surface area contributed by atoms with Gasteiger partial charge in [-0.1, -0.05) is 12.8 Å². The highest BCUT2D eigenvalue weighted by molar-refractivity contribution is 4.86. The molecule has 1 fully saturated rings. The SMILES string of the molecule is COCCC(C)NCC1(O)CCCC1. The van der Waals surface area contributed by atoms with E-state index < -0.39 is 5.60 Å². The molecule has 84 valence electrons. The molecule has 0 aromatic heterocycles. The third-order valence-corrected chi connectivity index (χ3v) is 3.07. The van der Waals surface area contributed by atoms with Gasteiger partial charge in [-0.05, 0) is 26.2 Å². The van der Waals surface area contributed by atoms with Crippen LogP contribution in [0.3, 0.4) is 0 Å². The summed E-state index contributed by atoms with van der Waals surface area (Å²) in [5.74, 6) is 0. The Morgan fingerprint density at radius 1 is 1.43 bits per heavy atom. The zero-order valence-electron chi connectivity index (χ0n) is 9.38. The largest absolute Gasteiger partial charge is 0.389 e. The zero-order chi connectivity index (χ0) is 10.4. The number of aliphatic hydroxyl groups is 1. The Labute approximate surface area is 86.8 Å². The second-order valence-corrected chi connectivity index (χ2v) is 4.49. The van der Waals surface area contributed by atoms with Gasteiger partial charge in [-0.3, -0.25) is 0 Å². The Morgan fingerprint density at radius 2 is 2.07 bits per heavy atom. The van der Waals surface area contributed by atoms with E-state index in [9.17, 15) is 5.11 Å². The minimum absolute atomic E-state index is 0.429. The van der Waals surface area contributed by atoms with E-state index in [1.54, 1.807) is 7.11 Å². The van der Waals surface area contributed by atoms with Crippen LogP contribution in [0, 0.1) is 0 Å². The molecule has 2 N–H and O–H groups in total. The zero-order valence-corrected chi connectivity index (χ0v) is 9.38. The van der Waals surface area contributed by atoms with Gasteiger partial charge in [-0.2, -0.15) is 0 Å². The number of rotatable bonds is 6. The summed E-state index contributed by atoms with van der Waals surface area (Å²) in [6.07, 6.45) is 5.26. The van der Waals surface area contributed by atoms with Crippen LogP contribution >= 0.6 is 0 Å². The number of hydrogen-bond acceptors (Lipinski definition) is 3. The molecule has 0 aromatic carbocycles. The standard InChI is InChI=1S/C11H23NO2/c1-10(5-8-14-2)12-9-11(13)6-3-4-7-11/h10,12-13H,3-9H2,1-2H3. The van der Waals surface area contributed by atoms with E-state index in [4.69, 9.17) is 4.74 Å². The van der Waals surface area contributed by atoms with E-state index in [1.807, 2.05) is 0 Å². The molecule has 14 heavy (non-hydrogen) atoms. The third-order valence-electron chi connectivity index (χ3n) is 3.07. The van der Waals surface area contributed by atoms with Crippen molar-refractivity contribution in [3.63, 3.8) is 0 Å². The molecule has 3 heteroatoms. The van der Waals surface area contributed by atoms with E-state index in [1.165, 1.54) is 12.8 Å². The molecule has 0 radical (unpaired) electrons. The molecule has 0 bridgehead atoms. The Bertz CT molecular complexity index is 155. The molecule has 1 aliphatic carbocycles. The van der Waals surface area contributed by atoms with E-state index in [2.05, 4.69) is 12.2 Å². The molecule has 0 heterocycles. The summed E-state index contributed by atoms with van der Waals surface area (Å²) >= 11 is 0. The predicted octanol–water partition coefficient (Wildman–Crippen LogP) is 1.31. The maximum Gasteiger partial charge on any atom is 0.0771 e. The van der Waals surface area contributed by atoms with Crippen molar-refractivity contribution in [1.82, 2.24) is 5.32 Å². The first-order valence-electron chi connectivity index (χ1n) is 5.61. The molecule has 0 spiro atoms. The normalized spacial score (nSPS) is 22.5. The molecule has 1 saturated carbocycles. The van der Waals surface area contributed by atoms with Crippen molar-refractivity contribution in [1.29, 1.82) is 0 Å². The fraction of sp³-hybridized carbons (Fsp3) is 1.00. The van der Waals surface area contributed by atoms with E-state index in [0.717, 1.165) is 32.4 Å². The summed E-state index contributed by atoms with van der Waals surface area (Å²) in [6.45, 7) is 3.65. The molecule has 1 aliphatic rings. The van der Waals surface area contributed by atoms with Crippen LogP contribution in [-0.4, -0.2) is 37.0 Å². The van der Waals surface area contributed by atoms with E-state index in [0.29, 0.717) is 6.04 Å². The monoisotopic (exact) mass is 201 g/mol. The molecule has 3 nitrogen and oxygen atoms in total. The Hall–Kier alpha value is -0.120. The van der Waals surface area contributed by atoms with Crippen molar-refractivity contribution in [3.8, 4) is 0 Å². The second-order valence-electron chi connectivity index (χ2n) is 4.49. The lowest BCUT2D eigenvalue weighted by atomic mass is 10.0. The van der Waals surface area contributed by atoms with Gasteiger partial charge < -0.3 is 15.2 Å². The number of methoxy groups -OCH3 is 1. The average molecular weight is 201 g/mol. The van der Waals surface area contributed by atoms with Gasteiger partial charge in [0.15, 0.2) is 0 Å². The lowest BCUT2D eigenvalue weighted by Crippen LogP contribution is -2.42. The van der Waals surface area contributed by atoms with Gasteiger partial charge in [-0.25, -0.2) is 0 Å². The average Bonchev–Trinajstić information content (AvgIpc) is 2.60. The van der Waals surface area contributed by atoms with Crippen LogP contribution < -0.4 is 5.32 Å². The van der Waals surface area contributed by atoms with Gasteiger partial charge >= 0.3 is 0 Å². The fourth-order valence-corrected chi connectivity index (χ4v) is 1.97. The van der Waals surface area contributed by atoms with Gasteiger partial charge in [0.2, 0.25) is 0 Å². The van der Waals surface area contributed by atoms with Crippen molar-refractivity contribution in [3.05, 3.63) is 0 Å². The van der Waals surface area contributed by atoms with Gasteiger partial charge in [0.25, 0.3) is 0 Å². The van der Waals surface area contributed by atoms with Crippen molar-refractivity contribution < 1.29 is 9.84 Å². The highest BCUT2D eigenvalue weighted by Crippen LogP contribution is 2.28. The first-order chi connectivity index (χ1) is 6.66. The van der Waals surface area contributed by atoms with Gasteiger partial charge in [0, 0.05) is 26.3 Å². The number of hydrogen-bond donors (Lipinski definition) is 2. The van der Waals surface area contributed by atoms with Gasteiger partial charge in [0.1, 0.15) is 0 Å². The van der Waals surface area contributed by atoms with Crippen molar-refractivity contribution in [2.75, 3.05) is 20.3 Å². The first-order valence-corrected chi connectivity index (χ1v) is 5.61. The topological polar surface area (TPSA) is 41.5 Å². The van der Waals surface area contributed by atoms with Gasteiger partial charge in [0.05, 0.1) is 5.60 Å². The number of nitrogens with one attached hydrogen (secondary N) is 1. The van der Waals surface area contributed by atoms with Crippen molar-refractivity contribution >= 4 is 0 Å². The minimum Gasteiger partial charge on any atom is -0.389 e. The summed E-state index contributed by atoms with van der Waals surface area (Å²) in [7, 11) is 1.72. The van der Waals surface area contributed by atoms with Crippen LogP contribution in [0.15, 0.2) is 0 Å². The predicted molar refractivity (Wildman–Crippen MR) is 57.4 cm³/mol. The number of ether oxygens (including phenoxy) is 1. The van der Waals surface area contributed by atoms with Crippen LogP contribution in [-0.2, 0) is 4.74 Å². The minimum atomic E-state index is -0.429. The molecular formula is C11H23NO2. The van der Waals surface area contributed by atoms with Crippen molar-refractivity contribution in [2.45, 2.75) is 50.7 Å². The molecule has 0 amide bonds. The molecule has 1 unspecified atom stereocenters. The Kier molecular flexibility index (Phi) is 4.85. The fourth-order valence-electron chi connectivity index (χ4n) is 1.97. The highest BCUT2D eigenvalue weighted by atomic mass is 16.5. The second kappa shape index (κ2) is 5.69. The molecule has 1 rings (SSSR count). The van der Waals surface area contributed by atoms with Crippen LogP contribution in [0.4, 0.5) is 0 Å². The third kappa shape index (κ3) is 3.95. The summed E-state index contributed by atoms with van der Waals surface area (Å²) in [5, 5.41) is 13.4. The summed E-state index contributed by atoms with van der Waals surface area (Å²) in [4.78, 5) is 0. The molecule has 0 saturated heterocycles. The van der Waals surface area contributed by atoms with E-state index >= 15 is 0 Å². The summed E-state index contributed by atoms with van der Waals surface area (Å²) < 4.78 is 5.01. The molecule has 0 aromatic rings. The Morgan fingerprint density at radius 3 is 2.64 bits per heavy atom. The molecule has 0 aliphatic heterocycles.